The van der Waals surface area contributed by atoms with Crippen molar-refractivity contribution >= 4 is 29.9 Å². The van der Waals surface area contributed by atoms with Gasteiger partial charge in [0.15, 0.2) is 5.79 Å². The number of carbonyl (C=O) groups excluding carboxylic acids is 1. The molecular formula is C10H19Cl2N3O. The van der Waals surface area contributed by atoms with E-state index >= 15 is 0 Å². The van der Waals surface area contributed by atoms with E-state index in [1.165, 1.54) is 0 Å². The van der Waals surface area contributed by atoms with Gasteiger partial charge in [0.25, 0.3) is 5.91 Å². The number of hydrogen-bond donors (Lipinski definition) is 3. The fourth-order valence-electron chi connectivity index (χ4n) is 1.80. The lowest BCUT2D eigenvalue weighted by atomic mass is 10.0. The third kappa shape index (κ3) is 3.54. The Morgan fingerprint density at radius 1 is 1.44 bits per heavy atom. The fourth-order valence-corrected chi connectivity index (χ4v) is 1.99. The number of alkyl halides is 1. The molecule has 0 aromatic heterocycles. The van der Waals surface area contributed by atoms with Gasteiger partial charge < -0.3 is 10.6 Å². The third-order valence-electron chi connectivity index (χ3n) is 2.46. The van der Waals surface area contributed by atoms with Crippen LogP contribution in [-0.2, 0) is 4.79 Å². The van der Waals surface area contributed by atoms with E-state index in [9.17, 15) is 4.79 Å². The maximum atomic E-state index is 11.7. The van der Waals surface area contributed by atoms with Gasteiger partial charge in [-0.1, -0.05) is 13.3 Å². The molecule has 16 heavy (non-hydrogen) atoms. The summed E-state index contributed by atoms with van der Waals surface area (Å²) in [5.74, 6) is -0.471. The van der Waals surface area contributed by atoms with E-state index in [-0.39, 0.29) is 18.3 Å². The number of halogens is 2. The van der Waals surface area contributed by atoms with Crippen molar-refractivity contribution in [3.63, 3.8) is 0 Å². The largest absolute Gasteiger partial charge is 0.354 e. The van der Waals surface area contributed by atoms with Crippen molar-refractivity contribution in [2.45, 2.75) is 38.9 Å². The highest BCUT2D eigenvalue weighted by Crippen LogP contribution is 2.17. The number of hydrogen-bond acceptors (Lipinski definition) is 3. The molecule has 1 heterocycles. The van der Waals surface area contributed by atoms with Crippen LogP contribution in [0.4, 0.5) is 0 Å². The first-order valence-corrected chi connectivity index (χ1v) is 5.71. The van der Waals surface area contributed by atoms with E-state index in [1.807, 2.05) is 13.8 Å². The summed E-state index contributed by atoms with van der Waals surface area (Å²) in [5.41, 5.74) is 7.52. The number of amides is 1. The molecule has 1 rings (SSSR count). The fraction of sp³-hybridized carbons (Fsp3) is 0.700. The van der Waals surface area contributed by atoms with Crippen LogP contribution in [0.25, 0.3) is 0 Å². The van der Waals surface area contributed by atoms with Crippen LogP contribution in [0, 0.1) is 0 Å². The SMILES string of the molecule is CCCC1(N)NC(=O)C(CCCl)=C(C)N1.Cl. The molecule has 0 aliphatic carbocycles. The van der Waals surface area contributed by atoms with E-state index in [0.29, 0.717) is 24.3 Å². The maximum absolute atomic E-state index is 11.7. The molecule has 94 valence electrons. The van der Waals surface area contributed by atoms with E-state index in [4.69, 9.17) is 17.3 Å². The topological polar surface area (TPSA) is 67.1 Å². The molecular weight excluding hydrogens is 249 g/mol. The van der Waals surface area contributed by atoms with Gasteiger partial charge in [-0.15, -0.1) is 24.0 Å². The van der Waals surface area contributed by atoms with Crippen LogP contribution in [0.1, 0.15) is 33.1 Å². The molecule has 1 unspecified atom stereocenters. The first-order valence-electron chi connectivity index (χ1n) is 5.17. The summed E-state index contributed by atoms with van der Waals surface area (Å²) in [7, 11) is 0. The summed E-state index contributed by atoms with van der Waals surface area (Å²) in [4.78, 5) is 11.7. The van der Waals surface area contributed by atoms with Gasteiger partial charge in [0.05, 0.1) is 0 Å². The quantitative estimate of drug-likeness (QED) is 0.676. The van der Waals surface area contributed by atoms with Crippen molar-refractivity contribution in [3.8, 4) is 0 Å². The number of allylic oxidation sites excluding steroid dienone is 1. The van der Waals surface area contributed by atoms with Crippen LogP contribution >= 0.6 is 24.0 Å². The highest BCUT2D eigenvalue weighted by Gasteiger charge is 2.32. The Labute approximate surface area is 107 Å². The number of rotatable bonds is 4. The zero-order chi connectivity index (χ0) is 11.5. The minimum Gasteiger partial charge on any atom is -0.354 e. The lowest BCUT2D eigenvalue weighted by Crippen LogP contribution is -2.67. The molecule has 6 heteroatoms. The lowest BCUT2D eigenvalue weighted by molar-refractivity contribution is -0.120. The van der Waals surface area contributed by atoms with E-state index in [0.717, 1.165) is 12.1 Å². The average Bonchev–Trinajstić information content (AvgIpc) is 2.11. The Kier molecular flexibility index (Phi) is 6.15. The molecule has 4 N–H and O–H groups in total. The molecule has 4 nitrogen and oxygen atoms in total. The van der Waals surface area contributed by atoms with Crippen molar-refractivity contribution in [1.29, 1.82) is 0 Å². The molecule has 0 aromatic carbocycles. The molecule has 1 atom stereocenters. The summed E-state index contributed by atoms with van der Waals surface area (Å²) in [6, 6.07) is 0. The maximum Gasteiger partial charge on any atom is 0.251 e. The summed E-state index contributed by atoms with van der Waals surface area (Å²) in [5, 5.41) is 5.90. The molecule has 0 bridgehead atoms. The monoisotopic (exact) mass is 267 g/mol. The van der Waals surface area contributed by atoms with Crippen molar-refractivity contribution in [2.75, 3.05) is 5.88 Å². The number of nitrogens with two attached hydrogens (primary N) is 1. The molecule has 0 saturated carbocycles. The molecule has 0 fully saturated rings. The second-order valence-corrected chi connectivity index (χ2v) is 4.22. The van der Waals surface area contributed by atoms with Gasteiger partial charge >= 0.3 is 0 Å². The zero-order valence-corrected chi connectivity index (χ0v) is 11.2. The molecule has 1 amide bonds. The number of carbonyl (C=O) groups is 1. The predicted octanol–water partition coefficient (Wildman–Crippen LogP) is 1.44. The number of nitrogens with one attached hydrogen (secondary N) is 2. The Balaban J connectivity index is 0.00000225. The third-order valence-corrected chi connectivity index (χ3v) is 2.65. The van der Waals surface area contributed by atoms with Gasteiger partial charge in [0, 0.05) is 23.6 Å². The van der Waals surface area contributed by atoms with Gasteiger partial charge in [-0.25, -0.2) is 0 Å². The molecule has 0 radical (unpaired) electrons. The average molecular weight is 268 g/mol. The van der Waals surface area contributed by atoms with Crippen LogP contribution in [0.15, 0.2) is 11.3 Å². The van der Waals surface area contributed by atoms with Gasteiger partial charge in [0.1, 0.15) is 0 Å². The van der Waals surface area contributed by atoms with Gasteiger partial charge in [0.2, 0.25) is 0 Å². The van der Waals surface area contributed by atoms with Crippen molar-refractivity contribution < 1.29 is 4.79 Å². The summed E-state index contributed by atoms with van der Waals surface area (Å²) in [6.45, 7) is 3.88. The van der Waals surface area contributed by atoms with Crippen molar-refractivity contribution in [2.24, 2.45) is 5.73 Å². The van der Waals surface area contributed by atoms with E-state index in [1.54, 1.807) is 0 Å². The van der Waals surface area contributed by atoms with Crippen LogP contribution in [0.5, 0.6) is 0 Å². The first-order chi connectivity index (χ1) is 7.02. The van der Waals surface area contributed by atoms with Crippen LogP contribution in [-0.4, -0.2) is 17.6 Å². The lowest BCUT2D eigenvalue weighted by Gasteiger charge is -2.37. The first kappa shape index (κ1) is 15.6. The second kappa shape index (κ2) is 6.33. The van der Waals surface area contributed by atoms with Crippen molar-refractivity contribution in [1.82, 2.24) is 10.6 Å². The van der Waals surface area contributed by atoms with Gasteiger partial charge in [-0.3, -0.25) is 10.5 Å². The molecule has 0 spiro atoms. The van der Waals surface area contributed by atoms with E-state index < -0.39 is 5.79 Å². The Morgan fingerprint density at radius 2 is 2.06 bits per heavy atom. The standard InChI is InChI=1S/C10H18ClN3O.ClH/c1-3-5-10(12)13-7(2)8(4-6-11)9(15)14-10;/h13H,3-6,12H2,1-2H3,(H,14,15);1H. The van der Waals surface area contributed by atoms with Crippen LogP contribution < -0.4 is 16.4 Å². The van der Waals surface area contributed by atoms with Gasteiger partial charge in [-0.05, 0) is 13.3 Å². The molecule has 0 saturated heterocycles. The highest BCUT2D eigenvalue weighted by molar-refractivity contribution is 6.18. The van der Waals surface area contributed by atoms with Crippen molar-refractivity contribution in [3.05, 3.63) is 11.3 Å². The van der Waals surface area contributed by atoms with Crippen LogP contribution in [0.3, 0.4) is 0 Å². The molecule has 1 aliphatic rings. The Hall–Kier alpha value is -0.450. The minimum absolute atomic E-state index is 0. The van der Waals surface area contributed by atoms with Gasteiger partial charge in [-0.2, -0.15) is 0 Å². The Bertz CT molecular complexity index is 294. The predicted molar refractivity (Wildman–Crippen MR) is 68.4 cm³/mol. The van der Waals surface area contributed by atoms with Crippen LogP contribution in [0.2, 0.25) is 0 Å². The normalized spacial score (nSPS) is 24.6. The Morgan fingerprint density at radius 3 is 2.50 bits per heavy atom. The smallest absolute Gasteiger partial charge is 0.251 e. The molecule has 1 aliphatic heterocycles. The second-order valence-electron chi connectivity index (χ2n) is 3.84. The highest BCUT2D eigenvalue weighted by atomic mass is 35.5. The minimum atomic E-state index is -0.800. The summed E-state index contributed by atoms with van der Waals surface area (Å²) in [6.07, 6.45) is 2.17. The zero-order valence-electron chi connectivity index (χ0n) is 9.60. The van der Waals surface area contributed by atoms with E-state index in [2.05, 4.69) is 10.6 Å². The molecule has 0 aromatic rings. The summed E-state index contributed by atoms with van der Waals surface area (Å²) >= 11 is 5.62. The summed E-state index contributed by atoms with van der Waals surface area (Å²) < 4.78 is 0.